The van der Waals surface area contributed by atoms with Crippen molar-refractivity contribution in [2.24, 2.45) is 0 Å². The third-order valence-electron chi connectivity index (χ3n) is 1.59. The number of aliphatic hydroxyl groups excluding tert-OH is 1. The summed E-state index contributed by atoms with van der Waals surface area (Å²) in [4.78, 5) is 66.3. The van der Waals surface area contributed by atoms with Crippen molar-refractivity contribution >= 4 is 45.6 Å². The molecule has 25 heteroatoms. The molecule has 0 aliphatic carbocycles. The summed E-state index contributed by atoms with van der Waals surface area (Å²) in [7, 11) is -24.1. The van der Waals surface area contributed by atoms with Gasteiger partial charge in [0.05, 0.1) is 26.4 Å². The van der Waals surface area contributed by atoms with Crippen LogP contribution in [-0.2, 0) is 45.5 Å². The third kappa shape index (κ3) is 47.8. The van der Waals surface area contributed by atoms with Gasteiger partial charge >= 0.3 is 45.6 Å². The van der Waals surface area contributed by atoms with Crippen molar-refractivity contribution in [1.82, 2.24) is 0 Å². The molecule has 19 nitrogen and oxygen atoms in total. The monoisotopic (exact) mass is 658 g/mol. The fraction of sp³-hybridized carbons (Fsp3) is 1.00. The second kappa shape index (κ2) is 27.2. The van der Waals surface area contributed by atoms with Crippen molar-refractivity contribution in [2.45, 2.75) is 42.0 Å². The van der Waals surface area contributed by atoms with E-state index < -0.39 is 45.6 Å². The van der Waals surface area contributed by atoms with Crippen LogP contribution in [0.3, 0.4) is 0 Å². The van der Waals surface area contributed by atoms with Crippen LogP contribution in [-0.4, -0.2) is 67.5 Å². The van der Waals surface area contributed by atoms with Crippen LogP contribution in [0.5, 0.6) is 0 Å². The first-order valence-electron chi connectivity index (χ1n) is 8.80. The molecule has 0 rings (SSSR count). The maximum absolute atomic E-state index is 10.5. The Kier molecular flexibility index (Phi) is 37.4. The molecule has 0 aromatic heterocycles. The van der Waals surface area contributed by atoms with E-state index in [0.717, 1.165) is 0 Å². The van der Waals surface area contributed by atoms with E-state index in [4.69, 9.17) is 34.5 Å². The van der Waals surface area contributed by atoms with Gasteiger partial charge in [-0.3, -0.25) is 37.7 Å². The largest absolute Gasteiger partial charge is 0.588 e. The van der Waals surface area contributed by atoms with Crippen molar-refractivity contribution in [3.63, 3.8) is 0 Å². The summed E-state index contributed by atoms with van der Waals surface area (Å²) in [6, 6.07) is 0. The molecule has 0 aliphatic rings. The Hall–Kier alpha value is 0.600. The van der Waals surface area contributed by atoms with E-state index in [1.54, 1.807) is 34.6 Å². The lowest BCUT2D eigenvalue weighted by Gasteiger charge is -2.07. The van der Waals surface area contributed by atoms with E-state index in [0.29, 0.717) is 0 Å². The van der Waals surface area contributed by atoms with Crippen molar-refractivity contribution in [2.75, 3.05) is 33.0 Å². The summed E-state index contributed by atoms with van der Waals surface area (Å²) in [6.45, 7) is 9.19. The van der Waals surface area contributed by atoms with E-state index in [9.17, 15) is 37.2 Å². The molecule has 0 aromatic carbocycles. The van der Waals surface area contributed by atoms with Gasteiger partial charge in [-0.05, 0) is 34.6 Å². The van der Waals surface area contributed by atoms with Crippen molar-refractivity contribution in [3.8, 4) is 0 Å². The van der Waals surface area contributed by atoms with Gasteiger partial charge in [-0.15, -0.1) is 0 Å². The summed E-state index contributed by atoms with van der Waals surface area (Å²) in [5, 5.41) is 7.57. The Bertz CT molecular complexity index is 651. The summed E-state index contributed by atoms with van der Waals surface area (Å²) < 4.78 is 75.9. The summed E-state index contributed by atoms with van der Waals surface area (Å²) in [5.41, 5.74) is 0. The Morgan fingerprint density at radius 1 is 0.583 bits per heavy atom. The van der Waals surface area contributed by atoms with Crippen LogP contribution >= 0.6 is 45.6 Å². The van der Waals surface area contributed by atoms with E-state index in [-0.39, 0.29) is 40.5 Å². The topological polar surface area (TPSA) is 327 Å². The van der Waals surface area contributed by atoms with Gasteiger partial charge in [0.2, 0.25) is 0 Å². The Labute approximate surface area is 210 Å². The summed E-state index contributed by atoms with van der Waals surface area (Å²) in [5.74, 6) is 0. The van der Waals surface area contributed by atoms with Crippen molar-refractivity contribution in [1.29, 1.82) is 0 Å². The number of rotatable bonds is 10. The van der Waals surface area contributed by atoms with Crippen LogP contribution in [0.4, 0.5) is 0 Å². The standard InChI is InChI=1S/2C4H11O4P.C2H6O.CH4.2H2O5P2/c2*1-3-7-9(5,6)8-4-2;1-2-3;;2*1-6(2)7(3,4)5/h2*3-4H2,1-2H3,(H,5,6);3H,2H2,1H3;1H4;2*(H2,3,4,5). The molecule has 0 bridgehead atoms. The number of phosphoric acid groups is 2. The molecule has 0 spiro atoms. The number of hydrogen-bond donors (Lipinski definition) is 7. The number of aliphatic hydroxyl groups is 1. The van der Waals surface area contributed by atoms with Crippen LogP contribution in [0.1, 0.15) is 42.0 Å². The fourth-order valence-corrected chi connectivity index (χ4v) is 2.18. The number of phosphoric ester groups is 2. The molecule has 2 unspecified atom stereocenters. The van der Waals surface area contributed by atoms with Gasteiger partial charge in [-0.2, -0.15) is 0 Å². The minimum atomic E-state index is -4.78. The lowest BCUT2D eigenvalue weighted by molar-refractivity contribution is -0.160. The minimum absolute atomic E-state index is 0. The maximum Gasteiger partial charge on any atom is 0.561 e. The lowest BCUT2D eigenvalue weighted by atomic mass is 10.9. The highest BCUT2D eigenvalue weighted by molar-refractivity contribution is 8.19. The zero-order chi connectivity index (χ0) is 29.5. The first kappa shape index (κ1) is 49.5. The van der Waals surface area contributed by atoms with E-state index in [2.05, 4.69) is 18.1 Å². The molecule has 0 saturated carbocycles. The van der Waals surface area contributed by atoms with Crippen LogP contribution in [0.25, 0.3) is 0 Å². The Balaban J connectivity index is -0.0000000800. The average Bonchev–Trinajstić information content (AvgIpc) is 2.62. The highest BCUT2D eigenvalue weighted by Gasteiger charge is 2.31. The molecular formula is C11H36O19P6. The van der Waals surface area contributed by atoms with Gasteiger partial charge in [-0.25, -0.2) is 18.3 Å². The Morgan fingerprint density at radius 3 is 0.750 bits per heavy atom. The van der Waals surface area contributed by atoms with Crippen molar-refractivity contribution in [3.05, 3.63) is 0 Å². The molecule has 2 atom stereocenters. The SMILES string of the molecule is C.CCO.CCOP(=O)(O)OCC.CCOP(=O)(O)OCC.O=[P+]([O-])P(=O)(O)O.O=[P+]([O-])P(=O)(O)O. The van der Waals surface area contributed by atoms with Gasteiger partial charge in [0.15, 0.2) is 0 Å². The molecular weight excluding hydrogens is 622 g/mol. The van der Waals surface area contributed by atoms with E-state index in [1.165, 1.54) is 0 Å². The van der Waals surface area contributed by atoms with Crippen LogP contribution in [0.15, 0.2) is 0 Å². The highest BCUT2D eigenvalue weighted by Crippen LogP contribution is 2.56. The highest BCUT2D eigenvalue weighted by atomic mass is 32.1. The first-order chi connectivity index (χ1) is 15.5. The molecule has 0 aromatic rings. The minimum Gasteiger partial charge on any atom is -0.588 e. The summed E-state index contributed by atoms with van der Waals surface area (Å²) in [6.07, 6.45) is 0. The number of hydrogen-bond acceptors (Lipinski definition) is 13. The van der Waals surface area contributed by atoms with Crippen molar-refractivity contribution < 1.29 is 89.7 Å². The molecule has 36 heavy (non-hydrogen) atoms. The molecule has 0 heterocycles. The predicted octanol–water partition coefficient (Wildman–Crippen LogP) is 1.32. The van der Waals surface area contributed by atoms with Gasteiger partial charge in [0, 0.05) is 6.61 Å². The maximum atomic E-state index is 10.5. The van der Waals surface area contributed by atoms with Crippen LogP contribution in [0.2, 0.25) is 0 Å². The zero-order valence-electron chi connectivity index (χ0n) is 19.2. The quantitative estimate of drug-likeness (QED) is 0.163. The predicted molar refractivity (Wildman–Crippen MR) is 125 cm³/mol. The van der Waals surface area contributed by atoms with Gasteiger partial charge < -0.3 is 24.7 Å². The smallest absolute Gasteiger partial charge is 0.561 e. The lowest BCUT2D eigenvalue weighted by Crippen LogP contribution is -1.93. The molecule has 0 aliphatic heterocycles. The molecule has 0 amide bonds. The normalized spacial score (nSPS) is 11.8. The Morgan fingerprint density at radius 2 is 0.694 bits per heavy atom. The van der Waals surface area contributed by atoms with Gasteiger partial charge in [-0.1, -0.05) is 16.6 Å². The van der Waals surface area contributed by atoms with Crippen LogP contribution < -0.4 is 9.79 Å². The first-order valence-corrected chi connectivity index (χ1v) is 18.8. The van der Waals surface area contributed by atoms with E-state index in [1.807, 2.05) is 0 Å². The molecule has 0 radical (unpaired) electrons. The fourth-order valence-electron chi connectivity index (χ4n) is 0.727. The molecule has 7 N–H and O–H groups in total. The second-order valence-electron chi connectivity index (χ2n) is 4.43. The van der Waals surface area contributed by atoms with E-state index >= 15 is 0 Å². The second-order valence-corrected chi connectivity index (χ2v) is 15.4. The zero-order valence-corrected chi connectivity index (χ0v) is 24.6. The average molecular weight is 658 g/mol. The third-order valence-corrected chi connectivity index (χ3v) is 7.34. The van der Waals surface area contributed by atoms with Gasteiger partial charge in [0.25, 0.3) is 0 Å². The van der Waals surface area contributed by atoms with Crippen LogP contribution in [0, 0.1) is 0 Å². The summed E-state index contributed by atoms with van der Waals surface area (Å²) >= 11 is 0. The van der Waals surface area contributed by atoms with Gasteiger partial charge in [0.1, 0.15) is 0 Å². The molecule has 0 saturated heterocycles. The molecule has 0 fully saturated rings. The molecule has 224 valence electrons.